The summed E-state index contributed by atoms with van der Waals surface area (Å²) in [6.45, 7) is 1.16. The molecule has 1 saturated heterocycles. The smallest absolute Gasteiger partial charge is 0.129 e. The molecule has 0 bridgehead atoms. The Morgan fingerprint density at radius 2 is 2.04 bits per heavy atom. The highest BCUT2D eigenvalue weighted by atomic mass is 35.5. The monoisotopic (exact) mass is 348 g/mol. The molecule has 2 aromatic carbocycles. The molecule has 118 valence electrons. The van der Waals surface area contributed by atoms with Gasteiger partial charge in [-0.15, -0.1) is 0 Å². The number of rotatable bonds is 3. The summed E-state index contributed by atoms with van der Waals surface area (Å²) in [5.74, 6) is 0. The minimum atomic E-state index is -0.808. The van der Waals surface area contributed by atoms with Gasteiger partial charge in [0, 0.05) is 5.56 Å². The first-order valence-corrected chi connectivity index (χ1v) is 8.01. The first-order valence-electron chi connectivity index (χ1n) is 7.25. The number of halogens is 2. The Balaban J connectivity index is 1.79. The molecule has 6 heteroatoms. The van der Waals surface area contributed by atoms with Crippen molar-refractivity contribution in [2.75, 3.05) is 13.2 Å². The molecular formula is C17H14Cl2N2O2. The molecule has 1 aliphatic heterocycles. The Kier molecular flexibility index (Phi) is 3.58. The summed E-state index contributed by atoms with van der Waals surface area (Å²) in [6, 6.07) is 11.5. The van der Waals surface area contributed by atoms with Gasteiger partial charge in [-0.25, -0.2) is 4.98 Å². The van der Waals surface area contributed by atoms with Crippen LogP contribution in [0.5, 0.6) is 0 Å². The predicted molar refractivity (Wildman–Crippen MR) is 91.0 cm³/mol. The summed E-state index contributed by atoms with van der Waals surface area (Å²) >= 11 is 12.4. The van der Waals surface area contributed by atoms with Crippen LogP contribution < -0.4 is 0 Å². The lowest BCUT2D eigenvalue weighted by molar-refractivity contribution is -0.184. The minimum absolute atomic E-state index is 0.354. The topological polar surface area (TPSA) is 47.3 Å². The lowest BCUT2D eigenvalue weighted by atomic mass is 10.0. The molecule has 0 amide bonds. The molecule has 4 rings (SSSR count). The molecular weight excluding hydrogens is 335 g/mol. The van der Waals surface area contributed by atoms with Crippen molar-refractivity contribution in [3.63, 3.8) is 0 Å². The van der Waals surface area contributed by atoms with Crippen molar-refractivity contribution in [3.8, 4) is 11.1 Å². The molecule has 0 spiro atoms. The van der Waals surface area contributed by atoms with E-state index >= 15 is 0 Å². The number of nitrogens with zero attached hydrogens (tertiary/aromatic N) is 2. The van der Waals surface area contributed by atoms with E-state index in [1.165, 1.54) is 0 Å². The van der Waals surface area contributed by atoms with E-state index in [9.17, 15) is 5.11 Å². The van der Waals surface area contributed by atoms with Crippen LogP contribution in [-0.2, 0) is 11.3 Å². The van der Waals surface area contributed by atoms with Crippen LogP contribution in [0, 0.1) is 0 Å². The van der Waals surface area contributed by atoms with Crippen molar-refractivity contribution in [3.05, 3.63) is 52.8 Å². The van der Waals surface area contributed by atoms with Crippen LogP contribution in [-0.4, -0.2) is 33.5 Å². The van der Waals surface area contributed by atoms with E-state index in [-0.39, 0.29) is 0 Å². The Labute approximate surface area is 143 Å². The fourth-order valence-electron chi connectivity index (χ4n) is 2.82. The average molecular weight is 349 g/mol. The van der Waals surface area contributed by atoms with Gasteiger partial charge in [-0.2, -0.15) is 0 Å². The van der Waals surface area contributed by atoms with Crippen LogP contribution in [0.1, 0.15) is 0 Å². The third-order valence-electron chi connectivity index (χ3n) is 4.09. The van der Waals surface area contributed by atoms with Gasteiger partial charge >= 0.3 is 0 Å². The first-order chi connectivity index (χ1) is 11.1. The second-order valence-electron chi connectivity index (χ2n) is 5.89. The van der Waals surface area contributed by atoms with E-state index in [1.54, 1.807) is 12.4 Å². The van der Waals surface area contributed by atoms with E-state index in [2.05, 4.69) is 4.98 Å². The molecule has 2 heterocycles. The lowest BCUT2D eigenvalue weighted by Crippen LogP contribution is -2.52. The van der Waals surface area contributed by atoms with Gasteiger partial charge in [-0.1, -0.05) is 41.4 Å². The van der Waals surface area contributed by atoms with E-state index < -0.39 is 5.60 Å². The molecule has 0 radical (unpaired) electrons. The molecule has 0 unspecified atom stereocenters. The number of benzene rings is 2. The van der Waals surface area contributed by atoms with Gasteiger partial charge in [0.25, 0.3) is 0 Å². The third-order valence-corrected chi connectivity index (χ3v) is 4.91. The van der Waals surface area contributed by atoms with Crippen molar-refractivity contribution in [2.24, 2.45) is 0 Å². The van der Waals surface area contributed by atoms with Crippen molar-refractivity contribution < 1.29 is 9.84 Å². The van der Waals surface area contributed by atoms with Crippen molar-refractivity contribution in [2.45, 2.75) is 12.1 Å². The zero-order valence-corrected chi connectivity index (χ0v) is 13.7. The Morgan fingerprint density at radius 1 is 1.22 bits per heavy atom. The second-order valence-corrected chi connectivity index (χ2v) is 6.68. The van der Waals surface area contributed by atoms with Crippen LogP contribution in [0.25, 0.3) is 22.2 Å². The van der Waals surface area contributed by atoms with Gasteiger partial charge in [-0.05, 0) is 23.8 Å². The predicted octanol–water partition coefficient (Wildman–Crippen LogP) is 3.77. The molecule has 0 saturated carbocycles. The molecule has 0 aliphatic carbocycles. The van der Waals surface area contributed by atoms with Gasteiger partial charge in [-0.3, -0.25) is 0 Å². The van der Waals surface area contributed by atoms with Crippen LogP contribution in [0.15, 0.2) is 42.7 Å². The van der Waals surface area contributed by atoms with E-state index in [4.69, 9.17) is 27.9 Å². The standard InChI is InChI=1S/C17H14Cl2N2O2/c18-13-3-1-2-12(16(13)19)11-4-5-14-15(6-11)21(10-20-14)7-17(22)8-23-9-17/h1-6,10,22H,7-9H2. The van der Waals surface area contributed by atoms with Crippen molar-refractivity contribution >= 4 is 34.2 Å². The molecule has 4 nitrogen and oxygen atoms in total. The fraction of sp³-hybridized carbons (Fsp3) is 0.235. The highest BCUT2D eigenvalue weighted by molar-refractivity contribution is 6.43. The Morgan fingerprint density at radius 3 is 2.78 bits per heavy atom. The van der Waals surface area contributed by atoms with Crippen LogP contribution in [0.4, 0.5) is 0 Å². The molecule has 1 aliphatic rings. The van der Waals surface area contributed by atoms with Crippen molar-refractivity contribution in [1.82, 2.24) is 9.55 Å². The highest BCUT2D eigenvalue weighted by Gasteiger charge is 2.36. The summed E-state index contributed by atoms with van der Waals surface area (Å²) in [7, 11) is 0. The van der Waals surface area contributed by atoms with Gasteiger partial charge in [0.05, 0.1) is 47.2 Å². The number of hydrogen-bond donors (Lipinski definition) is 1. The van der Waals surface area contributed by atoms with E-state index in [1.807, 2.05) is 34.9 Å². The van der Waals surface area contributed by atoms with Gasteiger partial charge < -0.3 is 14.4 Å². The molecule has 23 heavy (non-hydrogen) atoms. The maximum Gasteiger partial charge on any atom is 0.129 e. The molecule has 3 aromatic rings. The van der Waals surface area contributed by atoms with Gasteiger partial charge in [0.2, 0.25) is 0 Å². The number of fused-ring (bicyclic) bond motifs is 1. The molecule has 1 aromatic heterocycles. The third kappa shape index (κ3) is 2.62. The van der Waals surface area contributed by atoms with E-state index in [0.717, 1.165) is 22.2 Å². The summed E-state index contributed by atoms with van der Waals surface area (Å²) in [6.07, 6.45) is 1.74. The SMILES string of the molecule is OC1(Cn2cnc3ccc(-c4cccc(Cl)c4Cl)cc32)COC1. The summed E-state index contributed by atoms with van der Waals surface area (Å²) in [4.78, 5) is 4.39. The number of imidazole rings is 1. The molecule has 1 fully saturated rings. The Hall–Kier alpha value is -1.59. The van der Waals surface area contributed by atoms with E-state index in [0.29, 0.717) is 29.8 Å². The summed E-state index contributed by atoms with van der Waals surface area (Å²) in [5.41, 5.74) is 2.84. The fourth-order valence-corrected chi connectivity index (χ4v) is 3.23. The maximum absolute atomic E-state index is 10.3. The largest absolute Gasteiger partial charge is 0.383 e. The van der Waals surface area contributed by atoms with Crippen LogP contribution in [0.3, 0.4) is 0 Å². The number of aliphatic hydroxyl groups is 1. The second kappa shape index (κ2) is 5.49. The number of aromatic nitrogens is 2. The van der Waals surface area contributed by atoms with Gasteiger partial charge in [0.15, 0.2) is 0 Å². The zero-order chi connectivity index (χ0) is 16.0. The quantitative estimate of drug-likeness (QED) is 0.783. The van der Waals surface area contributed by atoms with Crippen molar-refractivity contribution in [1.29, 1.82) is 0 Å². The molecule has 0 atom stereocenters. The number of ether oxygens (including phenoxy) is 1. The minimum Gasteiger partial charge on any atom is -0.383 e. The normalized spacial score (nSPS) is 16.5. The van der Waals surface area contributed by atoms with Gasteiger partial charge in [0.1, 0.15) is 5.60 Å². The van der Waals surface area contributed by atoms with Crippen LogP contribution >= 0.6 is 23.2 Å². The summed E-state index contributed by atoms with van der Waals surface area (Å²) in [5, 5.41) is 11.4. The first kappa shape index (κ1) is 15.0. The zero-order valence-electron chi connectivity index (χ0n) is 12.2. The Bertz CT molecular complexity index is 887. The molecule has 1 N–H and O–H groups in total. The maximum atomic E-state index is 10.3. The lowest BCUT2D eigenvalue weighted by Gasteiger charge is -2.36. The average Bonchev–Trinajstić information content (AvgIpc) is 2.91. The van der Waals surface area contributed by atoms with Crippen LogP contribution in [0.2, 0.25) is 10.0 Å². The summed E-state index contributed by atoms with van der Waals surface area (Å²) < 4.78 is 7.05. The highest BCUT2D eigenvalue weighted by Crippen LogP contribution is 2.34. The number of hydrogen-bond acceptors (Lipinski definition) is 3.